The Balaban J connectivity index is 2.37. The van der Waals surface area contributed by atoms with Gasteiger partial charge in [0.25, 0.3) is 0 Å². The molecule has 1 heterocycles. The summed E-state index contributed by atoms with van der Waals surface area (Å²) in [7, 11) is 0. The number of carboxylic acid groups (broad SMARTS) is 1. The SMILES string of the molecule is NCCCC[C@H](NC(=O)[C@H](CCCCN)NC(=O)[C@H](CCCCN)NC(=O)[C@H](CCCCN)NC(=O)[C@H](CCCCN)NC(=O)[C@@H](N)CCCCN)C(=O)N[C@@H](Cc1c[nH]c2ccccc12)C(=O)O. The van der Waals surface area contributed by atoms with E-state index in [1.807, 2.05) is 24.3 Å². The quantitative estimate of drug-likeness (QED) is 0.0350. The Morgan fingerprint density at radius 2 is 0.739 bits per heavy atom. The van der Waals surface area contributed by atoms with Gasteiger partial charge in [-0.15, -0.1) is 0 Å². The van der Waals surface area contributed by atoms with E-state index in [4.69, 9.17) is 40.1 Å². The smallest absolute Gasteiger partial charge is 0.326 e. The minimum Gasteiger partial charge on any atom is -0.480 e. The molecule has 1 aromatic heterocycles. The lowest BCUT2D eigenvalue weighted by Crippen LogP contribution is -2.59. The minimum absolute atomic E-state index is 0.0300. The maximum Gasteiger partial charge on any atom is 0.326 e. The van der Waals surface area contributed by atoms with E-state index >= 15 is 0 Å². The molecule has 0 aliphatic heterocycles. The number of carbonyl (C=O) groups is 7. The van der Waals surface area contributed by atoms with Crippen molar-refractivity contribution in [3.63, 3.8) is 0 Å². The molecule has 0 unspecified atom stereocenters. The van der Waals surface area contributed by atoms with Crippen molar-refractivity contribution in [2.75, 3.05) is 39.3 Å². The number of nitrogens with two attached hydrogens (primary N) is 7. The molecule has 0 aliphatic rings. The minimum atomic E-state index is -1.33. The van der Waals surface area contributed by atoms with Crippen LogP contribution in [-0.4, -0.2) is 133 Å². The number of carbonyl (C=O) groups excluding carboxylic acids is 6. The number of amides is 6. The number of benzene rings is 1. The first-order valence-corrected chi connectivity index (χ1v) is 24.8. The number of unbranched alkanes of at least 4 members (excludes halogenated alkanes) is 6. The highest BCUT2D eigenvalue weighted by Crippen LogP contribution is 2.20. The Labute approximate surface area is 406 Å². The van der Waals surface area contributed by atoms with Crippen LogP contribution < -0.4 is 72.0 Å². The zero-order chi connectivity index (χ0) is 51.0. The van der Waals surface area contributed by atoms with E-state index in [-0.39, 0.29) is 38.5 Å². The molecule has 1 aromatic carbocycles. The maximum absolute atomic E-state index is 14.3. The first-order chi connectivity index (χ1) is 33.2. The van der Waals surface area contributed by atoms with E-state index in [0.29, 0.717) is 128 Å². The summed E-state index contributed by atoms with van der Waals surface area (Å²) in [6.07, 6.45) is 9.09. The second-order valence-electron chi connectivity index (χ2n) is 17.6. The molecular formula is C47H84N14O8. The van der Waals surface area contributed by atoms with E-state index in [1.54, 1.807) is 6.20 Å². The molecule has 0 saturated heterocycles. The second-order valence-corrected chi connectivity index (χ2v) is 17.6. The normalized spacial score (nSPS) is 14.4. The molecule has 2 rings (SSSR count). The first kappa shape index (κ1) is 59.9. The van der Waals surface area contributed by atoms with Crippen LogP contribution in [0.25, 0.3) is 10.9 Å². The van der Waals surface area contributed by atoms with E-state index in [0.717, 1.165) is 10.9 Å². The van der Waals surface area contributed by atoms with Gasteiger partial charge in [-0.1, -0.05) is 24.6 Å². The molecule has 0 aliphatic carbocycles. The van der Waals surface area contributed by atoms with Crippen LogP contribution in [0.15, 0.2) is 30.5 Å². The van der Waals surface area contributed by atoms with Crippen molar-refractivity contribution in [1.82, 2.24) is 36.9 Å². The predicted octanol–water partition coefficient (Wildman–Crippen LogP) is -1.19. The molecular weight excluding hydrogens is 889 g/mol. The molecule has 2 aromatic rings. The molecule has 69 heavy (non-hydrogen) atoms. The van der Waals surface area contributed by atoms with Crippen LogP contribution in [-0.2, 0) is 40.0 Å². The van der Waals surface area contributed by atoms with E-state index < -0.39 is 83.7 Å². The van der Waals surface area contributed by atoms with Crippen LogP contribution in [0.3, 0.4) is 0 Å². The summed E-state index contributed by atoms with van der Waals surface area (Å²) in [4.78, 5) is 99.0. The standard InChI is InChI=1S/C47H84N14O8/c48-23-9-3-16-33(54)41(62)56-35(18-4-10-24-49)42(63)57-36(19-5-11-25-50)43(64)58-37(20-6-12-26-51)44(65)59-38(21-7-13-27-52)45(66)60-39(22-8-14-28-53)46(67)61-40(47(68)69)29-31-30-55-34-17-2-1-15-32(31)34/h1-2,15,17,30,33,35-40,55H,3-14,16,18-29,48-54H2,(H,56,62)(H,57,63)(H,58,64)(H,59,65)(H,60,66)(H,61,67)(H,68,69)/t33-,35-,36-,37-,38-,39-,40-/m0/s1. The van der Waals surface area contributed by atoms with Gasteiger partial charge in [-0.3, -0.25) is 28.8 Å². The average Bonchev–Trinajstić information content (AvgIpc) is 3.74. The highest BCUT2D eigenvalue weighted by atomic mass is 16.4. The summed E-state index contributed by atoms with van der Waals surface area (Å²) in [6.45, 7) is 2.11. The van der Waals surface area contributed by atoms with E-state index in [2.05, 4.69) is 36.9 Å². The Morgan fingerprint density at radius 1 is 0.435 bits per heavy atom. The van der Waals surface area contributed by atoms with Gasteiger partial charge >= 0.3 is 5.97 Å². The molecule has 0 saturated carbocycles. The molecule has 0 spiro atoms. The van der Waals surface area contributed by atoms with Crippen LogP contribution in [0.4, 0.5) is 0 Å². The number of aromatic nitrogens is 1. The molecule has 7 atom stereocenters. The Morgan fingerprint density at radius 3 is 1.07 bits per heavy atom. The fourth-order valence-electron chi connectivity index (χ4n) is 7.81. The van der Waals surface area contributed by atoms with Crippen molar-refractivity contribution in [2.45, 2.75) is 164 Å². The number of aromatic amines is 1. The zero-order valence-corrected chi connectivity index (χ0v) is 40.5. The lowest BCUT2D eigenvalue weighted by Gasteiger charge is -2.28. The van der Waals surface area contributed by atoms with Crippen LogP contribution in [0, 0.1) is 0 Å². The van der Waals surface area contributed by atoms with Gasteiger partial charge in [0, 0.05) is 23.5 Å². The number of rotatable bonds is 39. The van der Waals surface area contributed by atoms with Gasteiger partial charge in [0.05, 0.1) is 6.04 Å². The lowest BCUT2D eigenvalue weighted by atomic mass is 10.0. The highest BCUT2D eigenvalue weighted by molar-refractivity contribution is 5.97. The number of hydrogen-bond donors (Lipinski definition) is 15. The lowest BCUT2D eigenvalue weighted by molar-refractivity contribution is -0.142. The molecule has 22 heteroatoms. The predicted molar refractivity (Wildman–Crippen MR) is 267 cm³/mol. The molecule has 6 amide bonds. The zero-order valence-electron chi connectivity index (χ0n) is 40.5. The van der Waals surface area contributed by atoms with Crippen molar-refractivity contribution in [2.24, 2.45) is 40.1 Å². The summed E-state index contributed by atoms with van der Waals surface area (Å²) in [5, 5.41) is 27.5. The van der Waals surface area contributed by atoms with Crippen LogP contribution in [0.5, 0.6) is 0 Å². The van der Waals surface area contributed by atoms with Crippen molar-refractivity contribution < 1.29 is 38.7 Å². The fraction of sp³-hybridized carbons (Fsp3) is 0.681. The number of H-pyrrole nitrogens is 1. The number of hydrogen-bond acceptors (Lipinski definition) is 14. The van der Waals surface area contributed by atoms with Crippen LogP contribution in [0.1, 0.15) is 121 Å². The van der Waals surface area contributed by atoms with Crippen LogP contribution >= 0.6 is 0 Å². The summed E-state index contributed by atoms with van der Waals surface area (Å²) < 4.78 is 0. The molecule has 22 nitrogen and oxygen atoms in total. The van der Waals surface area contributed by atoms with Gasteiger partial charge in [-0.2, -0.15) is 0 Å². The van der Waals surface area contributed by atoms with Gasteiger partial charge in [0.1, 0.15) is 36.3 Å². The summed E-state index contributed by atoms with van der Waals surface area (Å²) in [6, 6.07) is -0.542. The van der Waals surface area contributed by atoms with Gasteiger partial charge in [0.2, 0.25) is 35.4 Å². The average molecular weight is 973 g/mol. The third-order valence-corrected chi connectivity index (χ3v) is 11.9. The van der Waals surface area contributed by atoms with Crippen molar-refractivity contribution in [3.8, 4) is 0 Å². The van der Waals surface area contributed by atoms with E-state index in [9.17, 15) is 38.7 Å². The molecule has 0 radical (unpaired) electrons. The molecule has 22 N–H and O–H groups in total. The van der Waals surface area contributed by atoms with Crippen molar-refractivity contribution in [3.05, 3.63) is 36.0 Å². The fourth-order valence-corrected chi connectivity index (χ4v) is 7.81. The van der Waals surface area contributed by atoms with Gasteiger partial charge in [-0.25, -0.2) is 4.79 Å². The number of fused-ring (bicyclic) bond motifs is 1. The van der Waals surface area contributed by atoms with Gasteiger partial charge < -0.3 is 82.1 Å². The van der Waals surface area contributed by atoms with Crippen molar-refractivity contribution >= 4 is 52.3 Å². The highest BCUT2D eigenvalue weighted by Gasteiger charge is 2.34. The first-order valence-electron chi connectivity index (χ1n) is 24.8. The number of aliphatic carboxylic acids is 1. The second kappa shape index (κ2) is 35.0. The Bertz CT molecular complexity index is 1850. The maximum atomic E-state index is 14.3. The summed E-state index contributed by atoms with van der Waals surface area (Å²) >= 11 is 0. The van der Waals surface area contributed by atoms with Crippen LogP contribution in [0.2, 0.25) is 0 Å². The van der Waals surface area contributed by atoms with Gasteiger partial charge in [0.15, 0.2) is 0 Å². The molecule has 0 bridgehead atoms. The third kappa shape index (κ3) is 22.8. The number of para-hydroxylation sites is 1. The van der Waals surface area contributed by atoms with Crippen molar-refractivity contribution in [1.29, 1.82) is 0 Å². The largest absolute Gasteiger partial charge is 0.480 e. The topological polar surface area (TPSA) is 410 Å². The van der Waals surface area contributed by atoms with Gasteiger partial charge in [-0.05, 0) is 160 Å². The summed E-state index contributed by atoms with van der Waals surface area (Å²) in [5.74, 6) is -5.16. The Hall–Kier alpha value is -5.23. The monoisotopic (exact) mass is 973 g/mol. The third-order valence-electron chi connectivity index (χ3n) is 11.9. The molecule has 0 fully saturated rings. The Kier molecular flexibility index (Phi) is 30.3. The number of nitrogens with one attached hydrogen (secondary N) is 7. The van der Waals surface area contributed by atoms with E-state index in [1.165, 1.54) is 0 Å². The molecule has 390 valence electrons. The number of carboxylic acids is 1. The summed E-state index contributed by atoms with van der Waals surface area (Å²) in [5.41, 5.74) is 42.0.